The van der Waals surface area contributed by atoms with Crippen LogP contribution in [0.3, 0.4) is 0 Å². The molecule has 0 saturated carbocycles. The fourth-order valence-electron chi connectivity index (χ4n) is 7.86. The molecule has 15 nitrogen and oxygen atoms in total. The lowest BCUT2D eigenvalue weighted by Gasteiger charge is -2.35. The van der Waals surface area contributed by atoms with Crippen molar-refractivity contribution in [2.45, 2.75) is 46.4 Å². The number of nitrogens with zero attached hydrogens (tertiary/aromatic N) is 4. The van der Waals surface area contributed by atoms with Crippen LogP contribution in [0.2, 0.25) is 0 Å². The summed E-state index contributed by atoms with van der Waals surface area (Å²) < 4.78 is 35.1. The van der Waals surface area contributed by atoms with E-state index in [0.717, 1.165) is 71.7 Å². The molecule has 5 heterocycles. The monoisotopic (exact) mass is 1080 g/mol. The zero-order valence-corrected chi connectivity index (χ0v) is 41.9. The van der Waals surface area contributed by atoms with E-state index in [0.29, 0.717) is 47.5 Å². The number of hydroxylamine groups is 1. The zero-order valence-electron chi connectivity index (χ0n) is 38.7. The second-order valence-electron chi connectivity index (χ2n) is 15.8. The number of amides is 1. The molecule has 17 heteroatoms. The molecule has 70 heavy (non-hydrogen) atoms. The Hall–Kier alpha value is -6.92. The van der Waals surface area contributed by atoms with Gasteiger partial charge in [-0.15, -0.1) is 0 Å². The van der Waals surface area contributed by atoms with Crippen LogP contribution in [0.15, 0.2) is 144 Å². The van der Waals surface area contributed by atoms with Gasteiger partial charge in [0.05, 0.1) is 50.0 Å². The first-order valence-electron chi connectivity index (χ1n) is 21.8. The van der Waals surface area contributed by atoms with Gasteiger partial charge in [-0.3, -0.25) is 9.63 Å². The van der Waals surface area contributed by atoms with Gasteiger partial charge in [-0.2, -0.15) is 0 Å². The zero-order chi connectivity index (χ0) is 48.4. The number of pyridine rings is 2. The third-order valence-corrected chi connectivity index (χ3v) is 12.7. The Morgan fingerprint density at radius 2 is 1.30 bits per heavy atom. The summed E-state index contributed by atoms with van der Waals surface area (Å²) in [5.74, 6) is 4.12. The quantitative estimate of drug-likeness (QED) is 0.0880. The van der Waals surface area contributed by atoms with Crippen LogP contribution in [0.5, 0.6) is 23.3 Å². The van der Waals surface area contributed by atoms with E-state index in [4.69, 9.17) is 37.5 Å². The van der Waals surface area contributed by atoms with Gasteiger partial charge in [0.25, 0.3) is 5.91 Å². The van der Waals surface area contributed by atoms with Crippen molar-refractivity contribution in [3.05, 3.63) is 175 Å². The van der Waals surface area contributed by atoms with Gasteiger partial charge in [0.1, 0.15) is 58.2 Å². The number of carbonyl (C=O) groups is 1. The molecule has 0 fully saturated rings. The molecule has 364 valence electrons. The summed E-state index contributed by atoms with van der Waals surface area (Å²) in [7, 11) is 6.37. The summed E-state index contributed by atoms with van der Waals surface area (Å²) in [6.45, 7) is 5.73. The van der Waals surface area contributed by atoms with Crippen molar-refractivity contribution in [1.82, 2.24) is 25.7 Å². The molecule has 0 bridgehead atoms. The average molecular weight is 1080 g/mol. The number of ether oxygens (including phenoxy) is 4. The van der Waals surface area contributed by atoms with Crippen molar-refractivity contribution in [3.8, 4) is 23.3 Å². The number of amidine groups is 1. The predicted octanol–water partition coefficient (Wildman–Crippen LogP) is 11.6. The Bertz CT molecular complexity index is 3070. The van der Waals surface area contributed by atoms with Crippen LogP contribution in [0, 0.1) is 13.8 Å². The van der Waals surface area contributed by atoms with E-state index in [1.54, 1.807) is 33.5 Å². The number of aryl methyl sites for hydroxylation is 2. The topological polar surface area (TPSA) is 164 Å². The number of para-hydroxylation sites is 2. The molecule has 2 unspecified atom stereocenters. The highest BCUT2D eigenvalue weighted by Crippen LogP contribution is 2.37. The highest BCUT2D eigenvalue weighted by atomic mass is 79.9. The van der Waals surface area contributed by atoms with Crippen LogP contribution in [-0.4, -0.2) is 68.3 Å². The molecule has 1 amide bonds. The van der Waals surface area contributed by atoms with E-state index in [1.165, 1.54) is 7.11 Å². The summed E-state index contributed by atoms with van der Waals surface area (Å²) in [4.78, 5) is 34.9. The van der Waals surface area contributed by atoms with Crippen LogP contribution >= 0.6 is 31.9 Å². The third-order valence-electron chi connectivity index (χ3n) is 11.5. The minimum Gasteiger partial charge on any atom is -0.497 e. The van der Waals surface area contributed by atoms with Crippen molar-refractivity contribution < 1.29 is 42.3 Å². The summed E-state index contributed by atoms with van der Waals surface area (Å²) in [6.07, 6.45) is 0. The van der Waals surface area contributed by atoms with Crippen molar-refractivity contribution in [2.75, 3.05) is 41.7 Å². The van der Waals surface area contributed by atoms with Crippen molar-refractivity contribution in [2.24, 2.45) is 5.16 Å². The number of hydrogen-bond acceptors (Lipinski definition) is 14. The standard InChI is InChI=1S/C26H26BrN3O5.C26H24BrN3O4.CH4/c1-16-19-6-4-5-7-23(19)35-24(16)22(28-14-17-8-10-18(32-2)11-9-17)15-34-30-25(31)21-13-12-20(27)26(29-21)33-3;1-16-19-6-4-5-7-23(19)34-24(16)22-15-33-29-25(21-13-12-20(27)26(28-21)32-3)30(22)14-17-8-10-18(31-2)11-9-17;/h4-13,22,28H,14-15H2,1-3H3,(H,30,31);4-13,22H,14-15H2,1-3H3;1H4. The first-order valence-corrected chi connectivity index (χ1v) is 23.4. The Labute approximate surface area is 423 Å². The van der Waals surface area contributed by atoms with E-state index in [1.807, 2.05) is 110 Å². The smallest absolute Gasteiger partial charge is 0.293 e. The van der Waals surface area contributed by atoms with Crippen molar-refractivity contribution in [1.29, 1.82) is 0 Å². The second-order valence-corrected chi connectivity index (χ2v) is 17.5. The number of fused-ring (bicyclic) bond motifs is 2. The highest BCUT2D eigenvalue weighted by Gasteiger charge is 2.35. The van der Waals surface area contributed by atoms with Gasteiger partial charge in [-0.1, -0.05) is 73.2 Å². The summed E-state index contributed by atoms with van der Waals surface area (Å²) in [5, 5.41) is 10.0. The van der Waals surface area contributed by atoms with E-state index in [2.05, 4.69) is 75.7 Å². The number of aromatic nitrogens is 2. The Balaban J connectivity index is 0.000000203. The van der Waals surface area contributed by atoms with E-state index >= 15 is 0 Å². The fraction of sp³-hybridized carbons (Fsp3) is 0.245. The largest absolute Gasteiger partial charge is 0.497 e. The van der Waals surface area contributed by atoms with Gasteiger partial charge in [-0.25, -0.2) is 15.4 Å². The van der Waals surface area contributed by atoms with Crippen molar-refractivity contribution >= 4 is 65.5 Å². The Morgan fingerprint density at radius 3 is 1.91 bits per heavy atom. The predicted molar refractivity (Wildman–Crippen MR) is 275 cm³/mol. The SMILES string of the molecule is C.COc1ccc(CN2C(c3ccc(Br)c(OC)n3)=NOCC2c2oc3ccccc3c2C)cc1.COc1ccc(CNC(CONC(=O)c2ccc(Br)c(OC)n2)c2oc3ccccc3c2C)cc1. The Morgan fingerprint density at radius 1 is 0.714 bits per heavy atom. The number of hydrogen-bond donors (Lipinski definition) is 2. The second kappa shape index (κ2) is 23.6. The minimum absolute atomic E-state index is 0. The van der Waals surface area contributed by atoms with Crippen molar-refractivity contribution in [3.63, 3.8) is 0 Å². The fourth-order valence-corrected chi connectivity index (χ4v) is 8.62. The normalized spacial score (nSPS) is 13.6. The lowest BCUT2D eigenvalue weighted by Crippen LogP contribution is -2.41. The molecule has 0 spiro atoms. The molecule has 2 atom stereocenters. The molecule has 0 saturated heterocycles. The maximum atomic E-state index is 12.6. The number of halogens is 2. The summed E-state index contributed by atoms with van der Waals surface area (Å²) in [6, 6.07) is 38.3. The van der Waals surface area contributed by atoms with Gasteiger partial charge < -0.3 is 42.8 Å². The summed E-state index contributed by atoms with van der Waals surface area (Å²) in [5.41, 5.74) is 9.21. The molecule has 1 aliphatic rings. The maximum Gasteiger partial charge on any atom is 0.293 e. The molecule has 0 radical (unpaired) electrons. The van der Waals surface area contributed by atoms with Gasteiger partial charge in [0.15, 0.2) is 5.84 Å². The van der Waals surface area contributed by atoms with Gasteiger partial charge in [-0.05, 0) is 117 Å². The van der Waals surface area contributed by atoms with Gasteiger partial charge in [0.2, 0.25) is 11.8 Å². The first-order chi connectivity index (χ1) is 33.6. The molecule has 4 aromatic heterocycles. The van der Waals surface area contributed by atoms with Gasteiger partial charge in [0, 0.05) is 35.0 Å². The lowest BCUT2D eigenvalue weighted by molar-refractivity contribution is 0.0193. The third kappa shape index (κ3) is 11.6. The number of benzene rings is 4. The van der Waals surface area contributed by atoms with Crippen LogP contribution < -0.4 is 29.7 Å². The number of rotatable bonds is 16. The number of carbonyl (C=O) groups excluding carboxylic acids is 1. The van der Waals surface area contributed by atoms with Crippen LogP contribution in [0.1, 0.15) is 69.5 Å². The molecule has 8 aromatic rings. The minimum atomic E-state index is -0.481. The van der Waals surface area contributed by atoms with E-state index < -0.39 is 5.91 Å². The van der Waals surface area contributed by atoms with Crippen LogP contribution in [0.4, 0.5) is 0 Å². The highest BCUT2D eigenvalue weighted by molar-refractivity contribution is 9.10. The van der Waals surface area contributed by atoms with E-state index in [9.17, 15) is 4.79 Å². The number of methoxy groups -OCH3 is 4. The van der Waals surface area contributed by atoms with Crippen LogP contribution in [0.25, 0.3) is 21.9 Å². The van der Waals surface area contributed by atoms with Crippen LogP contribution in [-0.2, 0) is 22.8 Å². The maximum absolute atomic E-state index is 12.6. The lowest BCUT2D eigenvalue weighted by atomic mass is 10.0. The Kier molecular flexibility index (Phi) is 17.2. The van der Waals surface area contributed by atoms with E-state index in [-0.39, 0.29) is 31.8 Å². The molecular weight excluding hydrogens is 1020 g/mol. The van der Waals surface area contributed by atoms with Gasteiger partial charge >= 0.3 is 0 Å². The molecular formula is C53H54Br2N6O9. The molecule has 9 rings (SSSR count). The molecule has 1 aliphatic heterocycles. The number of nitrogens with one attached hydrogen (secondary N) is 2. The first kappa shape index (κ1) is 50.9. The molecule has 2 N–H and O–H groups in total. The summed E-state index contributed by atoms with van der Waals surface area (Å²) >= 11 is 6.80. The number of furan rings is 2. The molecule has 4 aromatic carbocycles. The molecule has 0 aliphatic carbocycles. The number of oxime groups is 1. The average Bonchev–Trinajstić information content (AvgIpc) is 3.91.